The zero-order valence-electron chi connectivity index (χ0n) is 8.72. The third-order valence-corrected chi connectivity index (χ3v) is 3.25. The van der Waals surface area contributed by atoms with Gasteiger partial charge in [-0.15, -0.1) is 0 Å². The van der Waals surface area contributed by atoms with Crippen LogP contribution in [0.1, 0.15) is 17.0 Å². The quantitative estimate of drug-likeness (QED) is 0.866. The van der Waals surface area contributed by atoms with Gasteiger partial charge in [0.15, 0.2) is 5.95 Å². The molecule has 0 aliphatic heterocycles. The first kappa shape index (κ1) is 11.3. The summed E-state index contributed by atoms with van der Waals surface area (Å²) in [6.45, 7) is 1.93. The van der Waals surface area contributed by atoms with Crippen molar-refractivity contribution in [3.8, 4) is 0 Å². The van der Waals surface area contributed by atoms with E-state index >= 15 is 0 Å². The van der Waals surface area contributed by atoms with Crippen LogP contribution in [0.3, 0.4) is 0 Å². The molecule has 0 saturated carbocycles. The van der Waals surface area contributed by atoms with Gasteiger partial charge < -0.3 is 10.7 Å². The van der Waals surface area contributed by atoms with Gasteiger partial charge in [-0.25, -0.2) is 4.98 Å². The van der Waals surface area contributed by atoms with Gasteiger partial charge in [0.05, 0.1) is 15.7 Å². The van der Waals surface area contributed by atoms with E-state index in [-0.39, 0.29) is 0 Å². The lowest BCUT2D eigenvalue weighted by Crippen LogP contribution is -1.93. The number of nitrogens with zero attached hydrogens (tertiary/aromatic N) is 1. The fraction of sp³-hybridized carbons (Fsp3) is 0.182. The van der Waals surface area contributed by atoms with Gasteiger partial charge in [-0.2, -0.15) is 0 Å². The van der Waals surface area contributed by atoms with Gasteiger partial charge in [0.1, 0.15) is 0 Å². The smallest absolute Gasteiger partial charge is 0.197 e. The van der Waals surface area contributed by atoms with E-state index in [9.17, 15) is 0 Å². The second-order valence-corrected chi connectivity index (χ2v) is 4.37. The highest BCUT2D eigenvalue weighted by molar-refractivity contribution is 6.42. The number of imidazole rings is 1. The number of H-pyrrole nitrogens is 1. The molecule has 0 radical (unpaired) electrons. The Hall–Kier alpha value is -1.19. The monoisotopic (exact) mass is 255 g/mol. The summed E-state index contributed by atoms with van der Waals surface area (Å²) in [6.07, 6.45) is 0.624. The topological polar surface area (TPSA) is 54.7 Å². The molecule has 16 heavy (non-hydrogen) atoms. The number of nitrogen functional groups attached to an aromatic ring is 1. The first-order valence-electron chi connectivity index (χ1n) is 4.81. The Morgan fingerprint density at radius 3 is 2.75 bits per heavy atom. The van der Waals surface area contributed by atoms with E-state index in [2.05, 4.69) is 9.97 Å². The van der Waals surface area contributed by atoms with E-state index in [4.69, 9.17) is 28.9 Å². The number of rotatable bonds is 2. The molecule has 2 aromatic rings. The molecule has 1 heterocycles. The van der Waals surface area contributed by atoms with Crippen molar-refractivity contribution >= 4 is 29.2 Å². The molecule has 0 amide bonds. The lowest BCUT2D eigenvalue weighted by molar-refractivity contribution is 1.08. The van der Waals surface area contributed by atoms with Crippen LogP contribution >= 0.6 is 23.2 Å². The van der Waals surface area contributed by atoms with Crippen molar-refractivity contribution in [2.24, 2.45) is 0 Å². The maximum Gasteiger partial charge on any atom is 0.197 e. The van der Waals surface area contributed by atoms with Crippen LogP contribution in [-0.4, -0.2) is 9.97 Å². The molecule has 0 aliphatic rings. The summed E-state index contributed by atoms with van der Waals surface area (Å²) >= 11 is 12.0. The maximum absolute atomic E-state index is 6.10. The normalized spacial score (nSPS) is 10.7. The highest BCUT2D eigenvalue weighted by Gasteiger charge is 2.09. The Bertz CT molecular complexity index is 520. The third-order valence-electron chi connectivity index (χ3n) is 2.39. The van der Waals surface area contributed by atoms with E-state index in [1.54, 1.807) is 6.07 Å². The molecule has 0 fully saturated rings. The van der Waals surface area contributed by atoms with Crippen molar-refractivity contribution in [1.82, 2.24) is 9.97 Å². The number of hydrogen-bond acceptors (Lipinski definition) is 2. The summed E-state index contributed by atoms with van der Waals surface area (Å²) in [4.78, 5) is 7.15. The number of halogens is 2. The maximum atomic E-state index is 6.10. The van der Waals surface area contributed by atoms with E-state index in [1.165, 1.54) is 0 Å². The van der Waals surface area contributed by atoms with E-state index in [0.29, 0.717) is 22.4 Å². The molecular weight excluding hydrogens is 245 g/mol. The van der Waals surface area contributed by atoms with Crippen LogP contribution in [-0.2, 0) is 6.42 Å². The minimum atomic E-state index is 0.422. The fourth-order valence-electron chi connectivity index (χ4n) is 1.56. The molecule has 5 heteroatoms. The number of benzene rings is 1. The highest BCUT2D eigenvalue weighted by Crippen LogP contribution is 2.27. The number of nitrogens with two attached hydrogens (primary N) is 1. The second-order valence-electron chi connectivity index (χ2n) is 3.58. The number of aromatic nitrogens is 2. The van der Waals surface area contributed by atoms with E-state index < -0.39 is 0 Å². The van der Waals surface area contributed by atoms with Gasteiger partial charge >= 0.3 is 0 Å². The first-order valence-corrected chi connectivity index (χ1v) is 5.57. The third kappa shape index (κ3) is 2.15. The fourth-order valence-corrected chi connectivity index (χ4v) is 1.95. The average Bonchev–Trinajstić information content (AvgIpc) is 2.53. The summed E-state index contributed by atoms with van der Waals surface area (Å²) in [7, 11) is 0. The van der Waals surface area contributed by atoms with Crippen LogP contribution in [0.2, 0.25) is 10.0 Å². The van der Waals surface area contributed by atoms with Crippen molar-refractivity contribution in [2.45, 2.75) is 13.3 Å². The molecule has 0 unspecified atom stereocenters. The summed E-state index contributed by atoms with van der Waals surface area (Å²) in [6, 6.07) is 5.56. The van der Waals surface area contributed by atoms with Gasteiger partial charge in [0, 0.05) is 12.1 Å². The first-order chi connectivity index (χ1) is 7.58. The Morgan fingerprint density at radius 2 is 2.12 bits per heavy atom. The van der Waals surface area contributed by atoms with Gasteiger partial charge in [-0.1, -0.05) is 35.3 Å². The summed E-state index contributed by atoms with van der Waals surface area (Å²) in [5.74, 6) is 0.422. The minimum Gasteiger partial charge on any atom is -0.369 e. The molecule has 0 aliphatic carbocycles. The Balaban J connectivity index is 2.34. The second kappa shape index (κ2) is 4.36. The molecule has 2 rings (SSSR count). The summed E-state index contributed by atoms with van der Waals surface area (Å²) in [5, 5.41) is 1.13. The van der Waals surface area contributed by atoms with Crippen molar-refractivity contribution < 1.29 is 0 Å². The Morgan fingerprint density at radius 1 is 1.38 bits per heavy atom. The van der Waals surface area contributed by atoms with E-state index in [0.717, 1.165) is 17.0 Å². The SMILES string of the molecule is Cc1[nH]c(N)nc1Cc1cccc(Cl)c1Cl. The standard InChI is InChI=1S/C11H11Cl2N3/c1-6-9(16-11(14)15-6)5-7-3-2-4-8(12)10(7)13/h2-4H,5H2,1H3,(H3,14,15,16). The number of hydrogen-bond donors (Lipinski definition) is 2. The molecule has 1 aromatic carbocycles. The van der Waals surface area contributed by atoms with E-state index in [1.807, 2.05) is 19.1 Å². The number of aromatic amines is 1. The lowest BCUT2D eigenvalue weighted by atomic mass is 10.1. The number of nitrogens with one attached hydrogen (secondary N) is 1. The molecule has 0 atom stereocenters. The highest BCUT2D eigenvalue weighted by atomic mass is 35.5. The molecule has 1 aromatic heterocycles. The summed E-state index contributed by atoms with van der Waals surface area (Å²) < 4.78 is 0. The summed E-state index contributed by atoms with van der Waals surface area (Å²) in [5.41, 5.74) is 8.37. The molecule has 0 saturated heterocycles. The largest absolute Gasteiger partial charge is 0.369 e. The van der Waals surface area contributed by atoms with Gasteiger partial charge in [0.25, 0.3) is 0 Å². The molecule has 0 spiro atoms. The predicted molar refractivity (Wildman–Crippen MR) is 67.0 cm³/mol. The molecule has 3 N–H and O–H groups in total. The van der Waals surface area contributed by atoms with Crippen LogP contribution in [0.15, 0.2) is 18.2 Å². The van der Waals surface area contributed by atoms with Crippen LogP contribution in [0.4, 0.5) is 5.95 Å². The van der Waals surface area contributed by atoms with Crippen LogP contribution in [0.5, 0.6) is 0 Å². The Labute approximate surface area is 104 Å². The average molecular weight is 256 g/mol. The lowest BCUT2D eigenvalue weighted by Gasteiger charge is -2.04. The molecule has 3 nitrogen and oxygen atoms in total. The molecular formula is C11H11Cl2N3. The van der Waals surface area contributed by atoms with Crippen LogP contribution in [0, 0.1) is 6.92 Å². The predicted octanol–water partition coefficient (Wildman–Crippen LogP) is 3.20. The van der Waals surface area contributed by atoms with Crippen LogP contribution in [0.25, 0.3) is 0 Å². The number of anilines is 1. The Kier molecular flexibility index (Phi) is 3.08. The van der Waals surface area contributed by atoms with Crippen molar-refractivity contribution in [3.63, 3.8) is 0 Å². The minimum absolute atomic E-state index is 0.422. The van der Waals surface area contributed by atoms with Crippen molar-refractivity contribution in [2.75, 3.05) is 5.73 Å². The van der Waals surface area contributed by atoms with Crippen LogP contribution < -0.4 is 5.73 Å². The number of aryl methyl sites for hydroxylation is 1. The zero-order chi connectivity index (χ0) is 11.7. The van der Waals surface area contributed by atoms with Gasteiger partial charge in [-0.3, -0.25) is 0 Å². The van der Waals surface area contributed by atoms with Gasteiger partial charge in [0.2, 0.25) is 0 Å². The molecule has 0 bridgehead atoms. The van der Waals surface area contributed by atoms with Crippen molar-refractivity contribution in [3.05, 3.63) is 45.2 Å². The molecule has 84 valence electrons. The van der Waals surface area contributed by atoms with Gasteiger partial charge in [-0.05, 0) is 18.6 Å². The zero-order valence-corrected chi connectivity index (χ0v) is 10.2. The van der Waals surface area contributed by atoms with Crippen molar-refractivity contribution in [1.29, 1.82) is 0 Å².